The third-order valence-electron chi connectivity index (χ3n) is 18.0. The van der Waals surface area contributed by atoms with Crippen molar-refractivity contribution in [3.8, 4) is 0 Å². The third kappa shape index (κ3) is 69.0. The van der Waals surface area contributed by atoms with Crippen molar-refractivity contribution in [1.29, 1.82) is 0 Å². The highest BCUT2D eigenvalue weighted by Crippen LogP contribution is 2.45. The number of unbranched alkanes of at least 4 members (excludes halogenated alkanes) is 41. The first-order valence-electron chi connectivity index (χ1n) is 39.4. The van der Waals surface area contributed by atoms with Crippen LogP contribution in [-0.2, 0) is 65.4 Å². The zero-order chi connectivity index (χ0) is 70.1. The van der Waals surface area contributed by atoms with Gasteiger partial charge in [0.15, 0.2) is 12.2 Å². The Hall–Kier alpha value is -1.94. The molecule has 0 aliphatic carbocycles. The Kier molecular flexibility index (Phi) is 65.2. The van der Waals surface area contributed by atoms with E-state index in [-0.39, 0.29) is 25.7 Å². The molecule has 6 atom stereocenters. The lowest BCUT2D eigenvalue weighted by molar-refractivity contribution is -0.161. The normalized spacial score (nSPS) is 14.4. The van der Waals surface area contributed by atoms with Crippen molar-refractivity contribution in [1.82, 2.24) is 0 Å². The van der Waals surface area contributed by atoms with Crippen LogP contribution in [0.3, 0.4) is 0 Å². The van der Waals surface area contributed by atoms with Crippen molar-refractivity contribution in [2.45, 2.75) is 407 Å². The number of carbonyl (C=O) groups is 4. The van der Waals surface area contributed by atoms with Crippen molar-refractivity contribution in [2.24, 2.45) is 17.8 Å². The molecule has 19 heteroatoms. The molecule has 0 aromatic heterocycles. The van der Waals surface area contributed by atoms with Crippen LogP contribution >= 0.6 is 15.6 Å². The second-order valence-corrected chi connectivity index (χ2v) is 31.5. The number of rotatable bonds is 74. The summed E-state index contributed by atoms with van der Waals surface area (Å²) in [4.78, 5) is 72.8. The van der Waals surface area contributed by atoms with E-state index in [4.69, 9.17) is 37.0 Å². The SMILES string of the molecule is CCCCCCCCCCCCCCCCCCCCC(=O)O[C@H](COC(=O)CCCCCCCCCCCCCCC(C)C)COP(=O)(O)OC[C@@H](O)COP(=O)(O)OC[C@@H](COC(=O)CCCCCCCCC(C)CC)OC(=O)CCCCCCCCCCCC(C)C. The van der Waals surface area contributed by atoms with E-state index in [1.165, 1.54) is 193 Å². The smallest absolute Gasteiger partial charge is 0.462 e. The summed E-state index contributed by atoms with van der Waals surface area (Å²) in [6, 6.07) is 0. The van der Waals surface area contributed by atoms with Crippen molar-refractivity contribution in [2.75, 3.05) is 39.6 Å². The van der Waals surface area contributed by atoms with E-state index < -0.39 is 97.5 Å². The Labute approximate surface area is 581 Å². The molecule has 0 fully saturated rings. The van der Waals surface area contributed by atoms with Gasteiger partial charge in [-0.25, -0.2) is 9.13 Å². The molecular formula is C76H148O17P2. The lowest BCUT2D eigenvalue weighted by Crippen LogP contribution is -2.30. The van der Waals surface area contributed by atoms with Gasteiger partial charge in [-0.3, -0.25) is 37.3 Å². The zero-order valence-electron chi connectivity index (χ0n) is 62.1. The summed E-state index contributed by atoms with van der Waals surface area (Å²) in [5.41, 5.74) is 0. The van der Waals surface area contributed by atoms with Crippen molar-refractivity contribution in [3.63, 3.8) is 0 Å². The highest BCUT2D eigenvalue weighted by molar-refractivity contribution is 7.47. The van der Waals surface area contributed by atoms with Gasteiger partial charge in [-0.05, 0) is 43.4 Å². The number of esters is 4. The topological polar surface area (TPSA) is 237 Å². The van der Waals surface area contributed by atoms with Crippen molar-refractivity contribution in [3.05, 3.63) is 0 Å². The summed E-state index contributed by atoms with van der Waals surface area (Å²) in [6.07, 6.45) is 52.8. The number of hydrogen-bond donors (Lipinski definition) is 3. The molecule has 0 aromatic rings. The fourth-order valence-corrected chi connectivity index (χ4v) is 13.1. The van der Waals surface area contributed by atoms with E-state index in [1.807, 2.05) is 0 Å². The summed E-state index contributed by atoms with van der Waals surface area (Å²) in [6.45, 7) is 11.8. The molecule has 0 aliphatic rings. The van der Waals surface area contributed by atoms with Crippen LogP contribution in [0.2, 0.25) is 0 Å². The number of aliphatic hydroxyl groups excluding tert-OH is 1. The van der Waals surface area contributed by atoms with Gasteiger partial charge in [-0.1, -0.05) is 337 Å². The van der Waals surface area contributed by atoms with E-state index in [9.17, 15) is 43.2 Å². The first kappa shape index (κ1) is 93.1. The minimum Gasteiger partial charge on any atom is -0.462 e. The molecule has 3 unspecified atom stereocenters. The van der Waals surface area contributed by atoms with E-state index >= 15 is 0 Å². The molecule has 0 rings (SSSR count). The monoisotopic (exact) mass is 1400 g/mol. The van der Waals surface area contributed by atoms with Gasteiger partial charge in [0.25, 0.3) is 0 Å². The van der Waals surface area contributed by atoms with Gasteiger partial charge in [0.05, 0.1) is 26.4 Å². The minimum atomic E-state index is -4.96. The largest absolute Gasteiger partial charge is 0.472 e. The molecule has 0 spiro atoms. The Morgan fingerprint density at radius 3 is 0.800 bits per heavy atom. The van der Waals surface area contributed by atoms with E-state index in [0.29, 0.717) is 25.7 Å². The number of aliphatic hydroxyl groups is 1. The van der Waals surface area contributed by atoms with Gasteiger partial charge in [0.2, 0.25) is 0 Å². The molecule has 0 saturated heterocycles. The number of hydrogen-bond acceptors (Lipinski definition) is 15. The molecule has 95 heavy (non-hydrogen) atoms. The predicted octanol–water partition coefficient (Wildman–Crippen LogP) is 22.2. The molecular weight excluding hydrogens is 1250 g/mol. The molecule has 0 amide bonds. The van der Waals surface area contributed by atoms with Gasteiger partial charge in [0.1, 0.15) is 19.3 Å². The highest BCUT2D eigenvalue weighted by atomic mass is 31.2. The Bertz CT molecular complexity index is 1850. The molecule has 0 radical (unpaired) electrons. The maximum absolute atomic E-state index is 13.1. The first-order chi connectivity index (χ1) is 45.8. The molecule has 3 N–H and O–H groups in total. The average molecular weight is 1400 g/mol. The number of phosphoric ester groups is 2. The molecule has 0 saturated carbocycles. The van der Waals surface area contributed by atoms with Gasteiger partial charge >= 0.3 is 39.5 Å². The molecule has 564 valence electrons. The van der Waals surface area contributed by atoms with Crippen LogP contribution in [0.5, 0.6) is 0 Å². The van der Waals surface area contributed by atoms with Crippen LogP contribution in [0.4, 0.5) is 0 Å². The fraction of sp³-hybridized carbons (Fsp3) is 0.947. The second kappa shape index (κ2) is 66.6. The highest BCUT2D eigenvalue weighted by Gasteiger charge is 2.30. The minimum absolute atomic E-state index is 0.104. The van der Waals surface area contributed by atoms with Crippen LogP contribution in [-0.4, -0.2) is 96.7 Å². The summed E-state index contributed by atoms with van der Waals surface area (Å²) < 4.78 is 68.5. The predicted molar refractivity (Wildman–Crippen MR) is 386 cm³/mol. The molecule has 0 aliphatic heterocycles. The van der Waals surface area contributed by atoms with Crippen molar-refractivity contribution < 1.29 is 80.2 Å². The Morgan fingerprint density at radius 1 is 0.305 bits per heavy atom. The van der Waals surface area contributed by atoms with Crippen LogP contribution in [0.15, 0.2) is 0 Å². The van der Waals surface area contributed by atoms with Crippen LogP contribution < -0.4 is 0 Å². The fourth-order valence-electron chi connectivity index (χ4n) is 11.6. The average Bonchev–Trinajstić information content (AvgIpc) is 2.03. The van der Waals surface area contributed by atoms with Gasteiger partial charge < -0.3 is 33.8 Å². The lowest BCUT2D eigenvalue weighted by Gasteiger charge is -2.21. The van der Waals surface area contributed by atoms with Crippen LogP contribution in [0.25, 0.3) is 0 Å². The standard InChI is InChI=1S/C76H148O17P2/c1-8-10-11-12-13-14-15-16-17-18-19-20-21-26-31-36-45-52-59-75(80)92-71(63-86-73(78)57-50-43-35-30-25-23-22-24-28-33-40-47-54-67(3)4)65-90-94(82,83)88-61-70(77)62-89-95(84,85)91-66-72(64-87-74(79)58-51-44-39-38-42-49-56-69(7)9-2)93-76(81)60-53-46-37-32-27-29-34-41-48-55-68(5)6/h67-72,77H,8-66H2,1-7H3,(H,82,83)(H,84,85)/t69?,70-,71-,72-/m1/s1. The quantitative estimate of drug-likeness (QED) is 0.0222. The maximum Gasteiger partial charge on any atom is 0.472 e. The second-order valence-electron chi connectivity index (χ2n) is 28.6. The first-order valence-corrected chi connectivity index (χ1v) is 42.4. The van der Waals surface area contributed by atoms with Crippen molar-refractivity contribution >= 4 is 39.5 Å². The Morgan fingerprint density at radius 2 is 0.537 bits per heavy atom. The molecule has 0 bridgehead atoms. The number of phosphoric acid groups is 2. The number of ether oxygens (including phenoxy) is 4. The van der Waals surface area contributed by atoms with Gasteiger partial charge in [0, 0.05) is 25.7 Å². The number of carbonyl (C=O) groups excluding carboxylic acids is 4. The van der Waals surface area contributed by atoms with E-state index in [1.54, 1.807) is 0 Å². The summed E-state index contributed by atoms with van der Waals surface area (Å²) >= 11 is 0. The maximum atomic E-state index is 13.1. The molecule has 0 aromatic carbocycles. The van der Waals surface area contributed by atoms with Crippen LogP contribution in [0.1, 0.15) is 389 Å². The van der Waals surface area contributed by atoms with Gasteiger partial charge in [-0.15, -0.1) is 0 Å². The van der Waals surface area contributed by atoms with E-state index in [0.717, 1.165) is 114 Å². The van der Waals surface area contributed by atoms with Crippen LogP contribution in [0, 0.1) is 17.8 Å². The summed E-state index contributed by atoms with van der Waals surface area (Å²) in [5.74, 6) is 0.130. The van der Waals surface area contributed by atoms with Gasteiger partial charge in [-0.2, -0.15) is 0 Å². The molecule has 0 heterocycles. The summed E-state index contributed by atoms with van der Waals surface area (Å²) in [5, 5.41) is 10.6. The molecule has 17 nitrogen and oxygen atoms in total. The third-order valence-corrected chi connectivity index (χ3v) is 19.9. The van der Waals surface area contributed by atoms with E-state index in [2.05, 4.69) is 48.5 Å². The summed E-state index contributed by atoms with van der Waals surface area (Å²) in [7, 11) is -9.91. The lowest BCUT2D eigenvalue weighted by atomic mass is 10.00. The zero-order valence-corrected chi connectivity index (χ0v) is 63.9. The Balaban J connectivity index is 5.25.